The van der Waals surface area contributed by atoms with Gasteiger partial charge in [0.25, 0.3) is 5.91 Å². The molecule has 0 aliphatic carbocycles. The number of rotatable bonds is 5. The predicted molar refractivity (Wildman–Crippen MR) is 94.9 cm³/mol. The Bertz CT molecular complexity index is 911. The van der Waals surface area contributed by atoms with Gasteiger partial charge in [-0.05, 0) is 42.5 Å². The maximum atomic E-state index is 11.9. The van der Waals surface area contributed by atoms with Gasteiger partial charge in [-0.2, -0.15) is 0 Å². The van der Waals surface area contributed by atoms with E-state index in [2.05, 4.69) is 5.32 Å². The molecule has 1 N–H and O–H groups in total. The summed E-state index contributed by atoms with van der Waals surface area (Å²) in [5.74, 6) is -1.34. The highest BCUT2D eigenvalue weighted by Gasteiger charge is 2.14. The van der Waals surface area contributed by atoms with Crippen molar-refractivity contribution in [3.8, 4) is 0 Å². The molecule has 0 bridgehead atoms. The van der Waals surface area contributed by atoms with E-state index in [1.54, 1.807) is 0 Å². The van der Waals surface area contributed by atoms with Gasteiger partial charge in [-0.3, -0.25) is 4.79 Å². The second-order valence-corrected chi connectivity index (χ2v) is 7.90. The molecule has 0 saturated carbocycles. The SMILES string of the molecule is CS(=O)(=O)c1ccc(NC(=O)COC(=O)c2ccc(Cl)cc2Cl)cc1. The molecule has 0 aromatic heterocycles. The molecule has 0 fully saturated rings. The standard InChI is InChI=1S/C16H13Cl2NO5S/c1-25(22,23)12-5-3-11(4-6-12)19-15(20)9-24-16(21)13-7-2-10(17)8-14(13)18/h2-8H,9H2,1H3,(H,19,20). The fraction of sp³-hybridized carbons (Fsp3) is 0.125. The Labute approximate surface area is 154 Å². The van der Waals surface area contributed by atoms with E-state index < -0.39 is 28.3 Å². The third kappa shape index (κ3) is 5.45. The molecule has 2 aromatic rings. The molecule has 0 unspecified atom stereocenters. The zero-order chi connectivity index (χ0) is 18.6. The molecule has 9 heteroatoms. The Morgan fingerprint density at radius 3 is 2.28 bits per heavy atom. The van der Waals surface area contributed by atoms with Crippen LogP contribution in [-0.4, -0.2) is 33.2 Å². The van der Waals surface area contributed by atoms with E-state index in [0.717, 1.165) is 6.26 Å². The lowest BCUT2D eigenvalue weighted by molar-refractivity contribution is -0.119. The van der Waals surface area contributed by atoms with Gasteiger partial charge < -0.3 is 10.1 Å². The van der Waals surface area contributed by atoms with Crippen molar-refractivity contribution in [3.63, 3.8) is 0 Å². The minimum Gasteiger partial charge on any atom is -0.452 e. The van der Waals surface area contributed by atoms with Gasteiger partial charge in [0.1, 0.15) is 0 Å². The van der Waals surface area contributed by atoms with Gasteiger partial charge >= 0.3 is 5.97 Å². The van der Waals surface area contributed by atoms with Crippen LogP contribution in [0.3, 0.4) is 0 Å². The first-order valence-corrected chi connectivity index (χ1v) is 9.54. The summed E-state index contributed by atoms with van der Waals surface area (Å²) in [6.07, 6.45) is 1.09. The molecule has 0 spiro atoms. The van der Waals surface area contributed by atoms with Gasteiger partial charge in [0.15, 0.2) is 16.4 Å². The average Bonchev–Trinajstić information content (AvgIpc) is 2.52. The molecule has 25 heavy (non-hydrogen) atoms. The van der Waals surface area contributed by atoms with Crippen molar-refractivity contribution in [2.24, 2.45) is 0 Å². The number of esters is 1. The fourth-order valence-corrected chi connectivity index (χ4v) is 2.96. The molecule has 6 nitrogen and oxygen atoms in total. The summed E-state index contributed by atoms with van der Waals surface area (Å²) in [4.78, 5) is 23.8. The summed E-state index contributed by atoms with van der Waals surface area (Å²) in [6, 6.07) is 9.87. The van der Waals surface area contributed by atoms with Gasteiger partial charge in [0.2, 0.25) is 0 Å². The number of hydrogen-bond donors (Lipinski definition) is 1. The first-order chi connectivity index (χ1) is 11.7. The van der Waals surface area contributed by atoms with Crippen LogP contribution in [0.25, 0.3) is 0 Å². The number of ether oxygens (including phenoxy) is 1. The van der Waals surface area contributed by atoms with Crippen molar-refractivity contribution < 1.29 is 22.7 Å². The number of anilines is 1. The summed E-state index contributed by atoms with van der Waals surface area (Å²) in [5, 5.41) is 2.98. The van der Waals surface area contributed by atoms with Crippen LogP contribution in [0.5, 0.6) is 0 Å². The third-order valence-corrected chi connectivity index (χ3v) is 4.73. The van der Waals surface area contributed by atoms with Crippen molar-refractivity contribution >= 4 is 50.6 Å². The molecule has 2 rings (SSSR count). The minimum absolute atomic E-state index is 0.0939. The number of halogens is 2. The number of carbonyl (C=O) groups is 2. The Balaban J connectivity index is 1.93. The Morgan fingerprint density at radius 2 is 1.72 bits per heavy atom. The van der Waals surface area contributed by atoms with Crippen molar-refractivity contribution in [1.29, 1.82) is 0 Å². The number of hydrogen-bond acceptors (Lipinski definition) is 5. The second-order valence-electron chi connectivity index (χ2n) is 5.05. The molecule has 0 aliphatic heterocycles. The van der Waals surface area contributed by atoms with E-state index in [1.165, 1.54) is 42.5 Å². The van der Waals surface area contributed by atoms with Gasteiger partial charge in [-0.1, -0.05) is 23.2 Å². The topological polar surface area (TPSA) is 89.5 Å². The van der Waals surface area contributed by atoms with Crippen molar-refractivity contribution in [2.75, 3.05) is 18.2 Å². The second kappa shape index (κ2) is 7.86. The quantitative estimate of drug-likeness (QED) is 0.776. The molecule has 0 aliphatic rings. The van der Waals surface area contributed by atoms with Crippen LogP contribution in [0.2, 0.25) is 10.0 Å². The molecule has 1 amide bonds. The van der Waals surface area contributed by atoms with Crippen molar-refractivity contribution in [1.82, 2.24) is 0 Å². The van der Waals surface area contributed by atoms with Crippen LogP contribution in [0, 0.1) is 0 Å². The predicted octanol–water partition coefficient (Wildman–Crippen LogP) is 3.19. The Morgan fingerprint density at radius 1 is 1.08 bits per heavy atom. The van der Waals surface area contributed by atoms with Gasteiger partial charge in [0, 0.05) is 17.0 Å². The van der Waals surface area contributed by atoms with E-state index in [1.807, 2.05) is 0 Å². The zero-order valence-corrected chi connectivity index (χ0v) is 15.3. The van der Waals surface area contributed by atoms with E-state index in [-0.39, 0.29) is 15.5 Å². The van der Waals surface area contributed by atoms with Gasteiger partial charge in [-0.15, -0.1) is 0 Å². The summed E-state index contributed by atoms with van der Waals surface area (Å²) in [5.41, 5.74) is 0.467. The number of sulfone groups is 1. The fourth-order valence-electron chi connectivity index (χ4n) is 1.85. The van der Waals surface area contributed by atoms with Crippen LogP contribution < -0.4 is 5.32 Å². The van der Waals surface area contributed by atoms with E-state index in [9.17, 15) is 18.0 Å². The largest absolute Gasteiger partial charge is 0.452 e. The van der Waals surface area contributed by atoms with Crippen LogP contribution in [0.15, 0.2) is 47.4 Å². The van der Waals surface area contributed by atoms with E-state index in [4.69, 9.17) is 27.9 Å². The molecule has 0 saturated heterocycles. The van der Waals surface area contributed by atoms with Crippen molar-refractivity contribution in [2.45, 2.75) is 4.90 Å². The molecule has 2 aromatic carbocycles. The van der Waals surface area contributed by atoms with Gasteiger partial charge in [-0.25, -0.2) is 13.2 Å². The lowest BCUT2D eigenvalue weighted by atomic mass is 10.2. The van der Waals surface area contributed by atoms with Crippen molar-refractivity contribution in [3.05, 3.63) is 58.1 Å². The summed E-state index contributed by atoms with van der Waals surface area (Å²) in [6.45, 7) is -0.522. The van der Waals surface area contributed by atoms with Crippen LogP contribution in [-0.2, 0) is 19.4 Å². The molecule has 0 radical (unpaired) electrons. The average molecular weight is 402 g/mol. The summed E-state index contributed by atoms with van der Waals surface area (Å²) < 4.78 is 27.6. The van der Waals surface area contributed by atoms with E-state index in [0.29, 0.717) is 10.7 Å². The maximum Gasteiger partial charge on any atom is 0.340 e. The van der Waals surface area contributed by atoms with E-state index >= 15 is 0 Å². The lowest BCUT2D eigenvalue weighted by Crippen LogP contribution is -2.21. The highest BCUT2D eigenvalue weighted by Crippen LogP contribution is 2.21. The third-order valence-electron chi connectivity index (χ3n) is 3.05. The smallest absolute Gasteiger partial charge is 0.340 e. The Kier molecular flexibility index (Phi) is 6.05. The van der Waals surface area contributed by atoms with Crippen LogP contribution in [0.4, 0.5) is 5.69 Å². The highest BCUT2D eigenvalue weighted by atomic mass is 35.5. The number of amides is 1. The lowest BCUT2D eigenvalue weighted by Gasteiger charge is -2.08. The molecular formula is C16H13Cl2NO5S. The Hall–Kier alpha value is -2.09. The molecule has 132 valence electrons. The van der Waals surface area contributed by atoms with Gasteiger partial charge in [0.05, 0.1) is 15.5 Å². The molecular weight excluding hydrogens is 389 g/mol. The van der Waals surface area contributed by atoms with Crippen LogP contribution in [0.1, 0.15) is 10.4 Å². The summed E-state index contributed by atoms with van der Waals surface area (Å²) >= 11 is 11.6. The van der Waals surface area contributed by atoms with Crippen LogP contribution >= 0.6 is 23.2 Å². The number of benzene rings is 2. The monoisotopic (exact) mass is 401 g/mol. The normalized spacial score (nSPS) is 11.0. The first-order valence-electron chi connectivity index (χ1n) is 6.89. The zero-order valence-electron chi connectivity index (χ0n) is 13.0. The maximum absolute atomic E-state index is 11.9. The molecule has 0 heterocycles. The highest BCUT2D eigenvalue weighted by molar-refractivity contribution is 7.90. The minimum atomic E-state index is -3.31. The molecule has 0 atom stereocenters. The number of carbonyl (C=O) groups excluding carboxylic acids is 2. The number of nitrogens with one attached hydrogen (secondary N) is 1. The first kappa shape index (κ1) is 19.2. The summed E-state index contributed by atoms with van der Waals surface area (Å²) in [7, 11) is -3.31.